The summed E-state index contributed by atoms with van der Waals surface area (Å²) < 4.78 is 67.6. The number of para-hydroxylation sites is 1. The zero-order valence-electron chi connectivity index (χ0n) is 17.7. The standard InChI is InChI=1S/C24H21F3N2O3S/c1-17-14-18-8-5-6-13-22(18)29(17)23(30)16-28(33(31,32)21-11-3-2-4-12-21)20-10-7-9-19(15-20)24(25,26)27/h2-13,15,17H,14,16H2,1H3/t17-/m0/s1. The van der Waals surface area contributed by atoms with Crippen molar-refractivity contribution >= 4 is 27.3 Å². The number of carbonyl (C=O) groups excluding carboxylic acids is 1. The molecule has 0 radical (unpaired) electrons. The van der Waals surface area contributed by atoms with Gasteiger partial charge < -0.3 is 4.90 Å². The fourth-order valence-corrected chi connectivity index (χ4v) is 5.44. The van der Waals surface area contributed by atoms with E-state index in [-0.39, 0.29) is 16.6 Å². The van der Waals surface area contributed by atoms with Crippen molar-refractivity contribution in [1.82, 2.24) is 0 Å². The fraction of sp³-hybridized carbons (Fsp3) is 0.208. The summed E-state index contributed by atoms with van der Waals surface area (Å²) in [5.74, 6) is -0.524. The summed E-state index contributed by atoms with van der Waals surface area (Å²) in [7, 11) is -4.32. The van der Waals surface area contributed by atoms with Gasteiger partial charge >= 0.3 is 6.18 Å². The zero-order valence-corrected chi connectivity index (χ0v) is 18.5. The third kappa shape index (κ3) is 4.45. The summed E-state index contributed by atoms with van der Waals surface area (Å²) in [5, 5.41) is 0. The van der Waals surface area contributed by atoms with Crippen LogP contribution < -0.4 is 9.21 Å². The van der Waals surface area contributed by atoms with Crippen molar-refractivity contribution in [2.24, 2.45) is 0 Å². The maximum atomic E-state index is 13.4. The van der Waals surface area contributed by atoms with Crippen molar-refractivity contribution in [2.45, 2.75) is 30.5 Å². The summed E-state index contributed by atoms with van der Waals surface area (Å²) in [6, 6.07) is 18.4. The average Bonchev–Trinajstić information content (AvgIpc) is 3.13. The second-order valence-electron chi connectivity index (χ2n) is 7.82. The lowest BCUT2D eigenvalue weighted by atomic mass is 10.1. The third-order valence-electron chi connectivity index (χ3n) is 5.55. The Balaban J connectivity index is 1.77. The normalized spacial score (nSPS) is 15.9. The van der Waals surface area contributed by atoms with Gasteiger partial charge in [-0.25, -0.2) is 8.42 Å². The lowest BCUT2D eigenvalue weighted by molar-refractivity contribution is -0.137. The largest absolute Gasteiger partial charge is 0.416 e. The van der Waals surface area contributed by atoms with E-state index in [0.717, 1.165) is 28.1 Å². The van der Waals surface area contributed by atoms with Crippen LogP contribution in [0, 0.1) is 0 Å². The number of fused-ring (bicyclic) bond motifs is 1. The van der Waals surface area contributed by atoms with E-state index in [1.807, 2.05) is 19.1 Å². The molecule has 0 spiro atoms. The highest BCUT2D eigenvalue weighted by molar-refractivity contribution is 7.92. The number of rotatable bonds is 5. The van der Waals surface area contributed by atoms with Crippen LogP contribution in [-0.2, 0) is 27.4 Å². The van der Waals surface area contributed by atoms with Crippen LogP contribution in [0.15, 0.2) is 83.8 Å². The number of nitrogens with zero attached hydrogens (tertiary/aromatic N) is 2. The van der Waals surface area contributed by atoms with Crippen molar-refractivity contribution in [2.75, 3.05) is 15.7 Å². The molecule has 33 heavy (non-hydrogen) atoms. The molecule has 1 heterocycles. The zero-order chi connectivity index (χ0) is 23.8. The fourth-order valence-electron chi connectivity index (χ4n) is 4.02. The molecule has 172 valence electrons. The number of hydrogen-bond donors (Lipinski definition) is 0. The van der Waals surface area contributed by atoms with Crippen LogP contribution in [0.5, 0.6) is 0 Å². The molecule has 1 aliphatic heterocycles. The van der Waals surface area contributed by atoms with Crippen LogP contribution in [0.3, 0.4) is 0 Å². The Morgan fingerprint density at radius 1 is 1.00 bits per heavy atom. The summed E-state index contributed by atoms with van der Waals surface area (Å²) >= 11 is 0. The molecule has 0 saturated carbocycles. The van der Waals surface area contributed by atoms with Gasteiger partial charge in [0.2, 0.25) is 5.91 Å². The molecule has 0 bridgehead atoms. The Labute approximate surface area is 190 Å². The van der Waals surface area contributed by atoms with E-state index >= 15 is 0 Å². The molecule has 0 unspecified atom stereocenters. The number of sulfonamides is 1. The van der Waals surface area contributed by atoms with Gasteiger partial charge in [0.05, 0.1) is 16.1 Å². The number of benzene rings is 3. The molecule has 1 atom stereocenters. The SMILES string of the molecule is C[C@H]1Cc2ccccc2N1C(=O)CN(c1cccc(C(F)(F)F)c1)S(=O)(=O)c1ccccc1. The molecular formula is C24H21F3N2O3S. The van der Waals surface area contributed by atoms with Gasteiger partial charge in [-0.05, 0) is 55.3 Å². The Bertz CT molecular complexity index is 1280. The van der Waals surface area contributed by atoms with Gasteiger partial charge in [-0.1, -0.05) is 42.5 Å². The number of halogens is 3. The Hall–Kier alpha value is -3.33. The number of hydrogen-bond acceptors (Lipinski definition) is 3. The lowest BCUT2D eigenvalue weighted by Crippen LogP contribution is -2.45. The minimum absolute atomic E-state index is 0.120. The molecule has 9 heteroatoms. The maximum Gasteiger partial charge on any atom is 0.416 e. The molecule has 0 saturated heterocycles. The van der Waals surface area contributed by atoms with Gasteiger partial charge in [-0.2, -0.15) is 13.2 Å². The highest BCUT2D eigenvalue weighted by atomic mass is 32.2. The number of anilines is 2. The van der Waals surface area contributed by atoms with Crippen molar-refractivity contribution < 1.29 is 26.4 Å². The van der Waals surface area contributed by atoms with Crippen LogP contribution in [0.1, 0.15) is 18.1 Å². The molecule has 5 nitrogen and oxygen atoms in total. The predicted octanol–water partition coefficient (Wildman–Crippen LogP) is 4.88. The smallest absolute Gasteiger partial charge is 0.307 e. The summed E-state index contributed by atoms with van der Waals surface area (Å²) in [6.07, 6.45) is -4.05. The number of alkyl halides is 3. The van der Waals surface area contributed by atoms with Crippen molar-refractivity contribution in [3.63, 3.8) is 0 Å². The van der Waals surface area contributed by atoms with Crippen LogP contribution >= 0.6 is 0 Å². The number of amides is 1. The van der Waals surface area contributed by atoms with E-state index in [0.29, 0.717) is 12.1 Å². The van der Waals surface area contributed by atoms with Crippen molar-refractivity contribution in [3.05, 3.63) is 90.0 Å². The molecule has 3 aromatic carbocycles. The van der Waals surface area contributed by atoms with Gasteiger partial charge in [0, 0.05) is 11.7 Å². The van der Waals surface area contributed by atoms with E-state index in [4.69, 9.17) is 0 Å². The van der Waals surface area contributed by atoms with Crippen LogP contribution in [0.4, 0.5) is 24.5 Å². The predicted molar refractivity (Wildman–Crippen MR) is 120 cm³/mol. The molecule has 4 rings (SSSR count). The summed E-state index contributed by atoms with van der Waals surface area (Å²) in [6.45, 7) is 1.20. The highest BCUT2D eigenvalue weighted by Crippen LogP contribution is 2.35. The topological polar surface area (TPSA) is 57.7 Å². The Kier molecular flexibility index (Phi) is 5.92. The minimum atomic E-state index is -4.66. The first-order valence-corrected chi connectivity index (χ1v) is 11.7. The highest BCUT2D eigenvalue weighted by Gasteiger charge is 2.36. The van der Waals surface area contributed by atoms with Gasteiger partial charge in [0.1, 0.15) is 6.54 Å². The average molecular weight is 475 g/mol. The second kappa shape index (κ2) is 8.55. The minimum Gasteiger partial charge on any atom is -0.307 e. The first kappa shape index (κ1) is 22.8. The van der Waals surface area contributed by atoms with E-state index in [2.05, 4.69) is 0 Å². The van der Waals surface area contributed by atoms with Gasteiger partial charge in [0.25, 0.3) is 10.0 Å². The van der Waals surface area contributed by atoms with E-state index in [1.54, 1.807) is 18.2 Å². The van der Waals surface area contributed by atoms with Gasteiger partial charge in [-0.15, -0.1) is 0 Å². The molecule has 1 aliphatic rings. The van der Waals surface area contributed by atoms with Crippen LogP contribution in [0.25, 0.3) is 0 Å². The van der Waals surface area contributed by atoms with Crippen molar-refractivity contribution in [1.29, 1.82) is 0 Å². The Morgan fingerprint density at radius 2 is 1.67 bits per heavy atom. The molecular weight excluding hydrogens is 453 g/mol. The van der Waals surface area contributed by atoms with Crippen LogP contribution in [0.2, 0.25) is 0 Å². The first-order valence-electron chi connectivity index (χ1n) is 10.2. The monoisotopic (exact) mass is 474 g/mol. The molecule has 0 aliphatic carbocycles. The summed E-state index contributed by atoms with van der Waals surface area (Å²) in [4.78, 5) is 14.7. The van der Waals surface area contributed by atoms with Gasteiger partial charge in [-0.3, -0.25) is 9.10 Å². The summed E-state index contributed by atoms with van der Waals surface area (Å²) in [5.41, 5.74) is 0.397. The number of carbonyl (C=O) groups is 1. The molecule has 1 amide bonds. The molecule has 0 N–H and O–H groups in total. The maximum absolute atomic E-state index is 13.4. The lowest BCUT2D eigenvalue weighted by Gasteiger charge is -2.29. The van der Waals surface area contributed by atoms with E-state index in [1.165, 1.54) is 35.2 Å². The van der Waals surface area contributed by atoms with E-state index < -0.39 is 34.2 Å². The van der Waals surface area contributed by atoms with Crippen molar-refractivity contribution in [3.8, 4) is 0 Å². The third-order valence-corrected chi connectivity index (χ3v) is 7.34. The Morgan fingerprint density at radius 3 is 2.36 bits per heavy atom. The van der Waals surface area contributed by atoms with Gasteiger partial charge in [0.15, 0.2) is 0 Å². The first-order chi connectivity index (χ1) is 15.6. The second-order valence-corrected chi connectivity index (χ2v) is 9.68. The van der Waals surface area contributed by atoms with Crippen LogP contribution in [-0.4, -0.2) is 26.9 Å². The molecule has 0 aromatic heterocycles. The molecule has 3 aromatic rings. The van der Waals surface area contributed by atoms with E-state index in [9.17, 15) is 26.4 Å². The molecule has 0 fully saturated rings. The quantitative estimate of drug-likeness (QED) is 0.530.